The molecule has 0 N–H and O–H groups in total. The summed E-state index contributed by atoms with van der Waals surface area (Å²) < 4.78 is 10.6. The summed E-state index contributed by atoms with van der Waals surface area (Å²) in [6.07, 6.45) is 1.81. The molecule has 0 unspecified atom stereocenters. The quantitative estimate of drug-likeness (QED) is 0.787. The first-order chi connectivity index (χ1) is 13.3. The number of aliphatic imine (C=N–C) groups is 1. The number of amides is 1. The first kappa shape index (κ1) is 17.3. The van der Waals surface area contributed by atoms with Gasteiger partial charge in [-0.1, -0.05) is 30.3 Å². The highest BCUT2D eigenvalue weighted by molar-refractivity contribution is 6.28. The zero-order valence-corrected chi connectivity index (χ0v) is 15.2. The SMILES string of the molecule is COc1ccc(/C=C2\N=C(N3CCOCC3)N(c3ccccc3)C2=O)cc1. The molecule has 6 nitrogen and oxygen atoms in total. The van der Waals surface area contributed by atoms with Crippen molar-refractivity contribution in [3.05, 3.63) is 65.9 Å². The van der Waals surface area contributed by atoms with Crippen LogP contribution in [0.4, 0.5) is 5.69 Å². The third kappa shape index (κ3) is 3.57. The Bertz CT molecular complexity index is 869. The summed E-state index contributed by atoms with van der Waals surface area (Å²) in [6.45, 7) is 2.69. The van der Waals surface area contributed by atoms with Crippen molar-refractivity contribution < 1.29 is 14.3 Å². The number of ether oxygens (including phenoxy) is 2. The first-order valence-electron chi connectivity index (χ1n) is 8.93. The fourth-order valence-corrected chi connectivity index (χ4v) is 3.15. The molecule has 0 aliphatic carbocycles. The molecule has 2 aromatic rings. The summed E-state index contributed by atoms with van der Waals surface area (Å²) in [7, 11) is 1.63. The number of nitrogens with zero attached hydrogens (tertiary/aromatic N) is 3. The molecule has 0 saturated carbocycles. The Kier molecular flexibility index (Phi) is 4.89. The maximum atomic E-state index is 13.1. The van der Waals surface area contributed by atoms with E-state index in [2.05, 4.69) is 9.89 Å². The van der Waals surface area contributed by atoms with Crippen molar-refractivity contribution in [1.82, 2.24) is 4.90 Å². The maximum absolute atomic E-state index is 13.1. The lowest BCUT2D eigenvalue weighted by Crippen LogP contribution is -2.48. The molecule has 2 heterocycles. The number of methoxy groups -OCH3 is 1. The van der Waals surface area contributed by atoms with E-state index in [9.17, 15) is 4.79 Å². The van der Waals surface area contributed by atoms with Gasteiger partial charge in [0.15, 0.2) is 0 Å². The molecular weight excluding hydrogens is 342 g/mol. The number of guanidine groups is 1. The predicted octanol–water partition coefficient (Wildman–Crippen LogP) is 2.77. The Morgan fingerprint density at radius 2 is 1.74 bits per heavy atom. The van der Waals surface area contributed by atoms with Crippen LogP contribution in [0.1, 0.15) is 5.56 Å². The highest BCUT2D eigenvalue weighted by Gasteiger charge is 2.35. The van der Waals surface area contributed by atoms with E-state index in [4.69, 9.17) is 9.47 Å². The van der Waals surface area contributed by atoms with E-state index >= 15 is 0 Å². The monoisotopic (exact) mass is 363 g/mol. The van der Waals surface area contributed by atoms with Crippen molar-refractivity contribution >= 4 is 23.6 Å². The van der Waals surface area contributed by atoms with Crippen molar-refractivity contribution in [1.29, 1.82) is 0 Å². The van der Waals surface area contributed by atoms with E-state index in [0.717, 1.165) is 17.0 Å². The summed E-state index contributed by atoms with van der Waals surface area (Å²) in [5, 5.41) is 0. The van der Waals surface area contributed by atoms with Gasteiger partial charge in [0, 0.05) is 13.1 Å². The molecular formula is C21H21N3O3. The summed E-state index contributed by atoms with van der Waals surface area (Å²) in [4.78, 5) is 21.6. The molecule has 27 heavy (non-hydrogen) atoms. The Morgan fingerprint density at radius 1 is 1.04 bits per heavy atom. The van der Waals surface area contributed by atoms with Crippen LogP contribution in [-0.4, -0.2) is 50.2 Å². The third-order valence-corrected chi connectivity index (χ3v) is 4.57. The molecule has 0 bridgehead atoms. The second-order valence-corrected chi connectivity index (χ2v) is 6.29. The third-order valence-electron chi connectivity index (χ3n) is 4.57. The van der Waals surface area contributed by atoms with Crippen molar-refractivity contribution in [3.8, 4) is 5.75 Å². The fraction of sp³-hybridized carbons (Fsp3) is 0.238. The predicted molar refractivity (Wildman–Crippen MR) is 105 cm³/mol. The highest BCUT2D eigenvalue weighted by atomic mass is 16.5. The second-order valence-electron chi connectivity index (χ2n) is 6.29. The smallest absolute Gasteiger partial charge is 0.283 e. The second kappa shape index (κ2) is 7.63. The molecule has 138 valence electrons. The molecule has 2 aromatic carbocycles. The number of anilines is 1. The van der Waals surface area contributed by atoms with Crippen LogP contribution in [-0.2, 0) is 9.53 Å². The average molecular weight is 363 g/mol. The van der Waals surface area contributed by atoms with Gasteiger partial charge in [0.05, 0.1) is 26.0 Å². The molecule has 1 fully saturated rings. The molecule has 2 aliphatic rings. The number of morpholine rings is 1. The Hall–Kier alpha value is -3.12. The number of rotatable bonds is 3. The standard InChI is InChI=1S/C21H21N3O3/c1-26-18-9-7-16(8-10-18)15-19-20(25)24(17-5-3-2-4-6-17)21(22-19)23-11-13-27-14-12-23/h2-10,15H,11-14H2,1H3/b19-15-. The molecule has 1 saturated heterocycles. The van der Waals surface area contributed by atoms with Gasteiger partial charge in [-0.25, -0.2) is 9.89 Å². The highest BCUT2D eigenvalue weighted by Crippen LogP contribution is 2.27. The van der Waals surface area contributed by atoms with E-state index < -0.39 is 0 Å². The van der Waals surface area contributed by atoms with E-state index in [1.165, 1.54) is 0 Å². The summed E-state index contributed by atoms with van der Waals surface area (Å²) in [5.41, 5.74) is 2.13. The van der Waals surface area contributed by atoms with Gasteiger partial charge in [-0.15, -0.1) is 0 Å². The zero-order valence-electron chi connectivity index (χ0n) is 15.2. The van der Waals surface area contributed by atoms with Crippen LogP contribution in [0, 0.1) is 0 Å². The van der Waals surface area contributed by atoms with E-state index in [0.29, 0.717) is 38.0 Å². The van der Waals surface area contributed by atoms with Crippen LogP contribution in [0.2, 0.25) is 0 Å². The minimum Gasteiger partial charge on any atom is -0.497 e. The Labute approximate surface area is 158 Å². The number of carbonyl (C=O) groups is 1. The Morgan fingerprint density at radius 3 is 2.41 bits per heavy atom. The Balaban J connectivity index is 1.70. The van der Waals surface area contributed by atoms with Crippen LogP contribution < -0.4 is 9.64 Å². The number of benzene rings is 2. The van der Waals surface area contributed by atoms with Gasteiger partial charge in [-0.3, -0.25) is 4.79 Å². The minimum absolute atomic E-state index is 0.126. The molecule has 0 spiro atoms. The fourth-order valence-electron chi connectivity index (χ4n) is 3.15. The maximum Gasteiger partial charge on any atom is 0.283 e. The van der Waals surface area contributed by atoms with Crippen molar-refractivity contribution in [2.24, 2.45) is 4.99 Å². The number of hydrogen-bond acceptors (Lipinski definition) is 5. The number of para-hydroxylation sites is 1. The molecule has 0 atom stereocenters. The van der Waals surface area contributed by atoms with Gasteiger partial charge in [0.25, 0.3) is 5.91 Å². The molecule has 4 rings (SSSR count). The van der Waals surface area contributed by atoms with Crippen molar-refractivity contribution in [3.63, 3.8) is 0 Å². The summed E-state index contributed by atoms with van der Waals surface area (Å²) >= 11 is 0. The molecule has 0 radical (unpaired) electrons. The number of carbonyl (C=O) groups excluding carboxylic acids is 1. The number of hydrogen-bond donors (Lipinski definition) is 0. The largest absolute Gasteiger partial charge is 0.497 e. The van der Waals surface area contributed by atoms with Crippen LogP contribution in [0.15, 0.2) is 65.3 Å². The molecule has 0 aromatic heterocycles. The van der Waals surface area contributed by atoms with Crippen molar-refractivity contribution in [2.75, 3.05) is 38.3 Å². The zero-order chi connectivity index (χ0) is 18.6. The van der Waals surface area contributed by atoms with Gasteiger partial charge in [0.1, 0.15) is 11.4 Å². The van der Waals surface area contributed by atoms with E-state index in [1.807, 2.05) is 60.7 Å². The van der Waals surface area contributed by atoms with Gasteiger partial charge in [-0.2, -0.15) is 0 Å². The van der Waals surface area contributed by atoms with Crippen molar-refractivity contribution in [2.45, 2.75) is 0 Å². The lowest BCUT2D eigenvalue weighted by atomic mass is 10.2. The average Bonchev–Trinajstić information content (AvgIpc) is 3.06. The van der Waals surface area contributed by atoms with Gasteiger partial charge in [0.2, 0.25) is 5.96 Å². The summed E-state index contributed by atoms with van der Waals surface area (Å²) in [6, 6.07) is 17.2. The van der Waals surface area contributed by atoms with Gasteiger partial charge < -0.3 is 14.4 Å². The molecule has 6 heteroatoms. The van der Waals surface area contributed by atoms with Crippen LogP contribution in [0.25, 0.3) is 6.08 Å². The summed E-state index contributed by atoms with van der Waals surface area (Å²) in [5.74, 6) is 1.31. The van der Waals surface area contributed by atoms with E-state index in [-0.39, 0.29) is 5.91 Å². The lowest BCUT2D eigenvalue weighted by Gasteiger charge is -2.32. The van der Waals surface area contributed by atoms with Crippen LogP contribution >= 0.6 is 0 Å². The first-order valence-corrected chi connectivity index (χ1v) is 8.93. The van der Waals surface area contributed by atoms with Gasteiger partial charge >= 0.3 is 0 Å². The topological polar surface area (TPSA) is 54.4 Å². The normalized spacial score (nSPS) is 18.8. The minimum atomic E-state index is -0.126. The van der Waals surface area contributed by atoms with Crippen LogP contribution in [0.3, 0.4) is 0 Å². The molecule has 1 amide bonds. The lowest BCUT2D eigenvalue weighted by molar-refractivity contribution is -0.113. The molecule has 2 aliphatic heterocycles. The van der Waals surface area contributed by atoms with E-state index in [1.54, 1.807) is 12.0 Å². The van der Waals surface area contributed by atoms with Crippen LogP contribution in [0.5, 0.6) is 5.75 Å². The van der Waals surface area contributed by atoms with Gasteiger partial charge in [-0.05, 0) is 35.9 Å².